The summed E-state index contributed by atoms with van der Waals surface area (Å²) in [4.78, 5) is 9.84. The van der Waals surface area contributed by atoms with Gasteiger partial charge in [0.2, 0.25) is 0 Å². The number of carbonyl (C=O) groups excluding carboxylic acids is 1. The summed E-state index contributed by atoms with van der Waals surface area (Å²) in [6, 6.07) is 0. The summed E-state index contributed by atoms with van der Waals surface area (Å²) in [6.45, 7) is 1.61. The van der Waals surface area contributed by atoms with Crippen LogP contribution >= 0.6 is 0 Å². The Labute approximate surface area is 61.9 Å². The van der Waals surface area contributed by atoms with E-state index in [1.807, 2.05) is 12.2 Å². The van der Waals surface area contributed by atoms with Gasteiger partial charge in [0.15, 0.2) is 0 Å². The van der Waals surface area contributed by atoms with Crippen molar-refractivity contribution in [3.05, 3.63) is 18.8 Å². The Morgan fingerprint density at radius 2 is 2.20 bits per heavy atom. The Balaban J connectivity index is 2.94. The van der Waals surface area contributed by atoms with Gasteiger partial charge in [-0.3, -0.25) is 0 Å². The second-order valence-corrected chi connectivity index (χ2v) is 1.90. The Bertz CT molecular complexity index is 97.4. The van der Waals surface area contributed by atoms with Gasteiger partial charge in [0, 0.05) is 13.5 Å². The number of unbranched alkanes of at least 4 members (excludes halogenated alkanes) is 2. The average Bonchev–Trinajstić information content (AvgIpc) is 1.97. The van der Waals surface area contributed by atoms with E-state index in [9.17, 15) is 4.79 Å². The summed E-state index contributed by atoms with van der Waals surface area (Å²) >= 11 is 0. The molecule has 0 aliphatic carbocycles. The molecule has 2 nitrogen and oxygen atoms in total. The van der Waals surface area contributed by atoms with Crippen LogP contribution in [0.5, 0.6) is 0 Å². The first kappa shape index (κ1) is 9.37. The molecule has 0 aromatic carbocycles. The molecular weight excluding hydrogens is 128 g/mol. The van der Waals surface area contributed by atoms with Crippen LogP contribution in [0, 0.1) is 6.61 Å². The maximum Gasteiger partial charge on any atom is 0.120 e. The van der Waals surface area contributed by atoms with Crippen molar-refractivity contribution in [3.8, 4) is 0 Å². The minimum absolute atomic E-state index is 0.650. The molecule has 0 fully saturated rings. The molecule has 0 heterocycles. The molecule has 0 aromatic rings. The highest BCUT2D eigenvalue weighted by Gasteiger charge is 1.80. The second kappa shape index (κ2) is 8.37. The predicted molar refractivity (Wildman–Crippen MR) is 40.4 cm³/mol. The number of carbonyl (C=O) groups is 1. The number of ether oxygens (including phenoxy) is 1. The standard InChI is InChI=1S/C8H13O2/c1-10-8-6-4-2-3-5-7-9/h4,6-8H,2-3,5H2,1H3. The third-order valence-electron chi connectivity index (χ3n) is 1.04. The number of hydrogen-bond acceptors (Lipinski definition) is 2. The van der Waals surface area contributed by atoms with Crippen LogP contribution in [-0.4, -0.2) is 13.4 Å². The van der Waals surface area contributed by atoms with E-state index in [0.717, 1.165) is 19.1 Å². The first-order valence-corrected chi connectivity index (χ1v) is 3.36. The zero-order valence-electron chi connectivity index (χ0n) is 6.25. The summed E-state index contributed by atoms with van der Waals surface area (Å²) in [7, 11) is 1.61. The van der Waals surface area contributed by atoms with Crippen LogP contribution in [-0.2, 0) is 9.53 Å². The van der Waals surface area contributed by atoms with Crippen molar-refractivity contribution >= 4 is 6.29 Å². The molecule has 0 N–H and O–H groups in total. The molecule has 0 rings (SSSR count). The van der Waals surface area contributed by atoms with Crippen LogP contribution in [0.2, 0.25) is 0 Å². The average molecular weight is 141 g/mol. The first-order valence-electron chi connectivity index (χ1n) is 3.36. The lowest BCUT2D eigenvalue weighted by atomic mass is 10.2. The fourth-order valence-electron chi connectivity index (χ4n) is 0.549. The fraction of sp³-hybridized carbons (Fsp3) is 0.500. The van der Waals surface area contributed by atoms with Gasteiger partial charge in [0.1, 0.15) is 12.9 Å². The van der Waals surface area contributed by atoms with E-state index in [0.29, 0.717) is 6.42 Å². The van der Waals surface area contributed by atoms with Crippen molar-refractivity contribution in [3.63, 3.8) is 0 Å². The highest BCUT2D eigenvalue weighted by atomic mass is 16.5. The topological polar surface area (TPSA) is 26.3 Å². The summed E-state index contributed by atoms with van der Waals surface area (Å²) in [5.41, 5.74) is 0. The van der Waals surface area contributed by atoms with Crippen molar-refractivity contribution in [1.82, 2.24) is 0 Å². The van der Waals surface area contributed by atoms with E-state index in [2.05, 4.69) is 4.74 Å². The minimum atomic E-state index is 0.650. The van der Waals surface area contributed by atoms with Crippen LogP contribution in [0.4, 0.5) is 0 Å². The van der Waals surface area contributed by atoms with Crippen LogP contribution in [0.15, 0.2) is 12.2 Å². The van der Waals surface area contributed by atoms with E-state index >= 15 is 0 Å². The van der Waals surface area contributed by atoms with E-state index < -0.39 is 0 Å². The normalized spacial score (nSPS) is 10.5. The highest BCUT2D eigenvalue weighted by molar-refractivity contribution is 5.48. The lowest BCUT2D eigenvalue weighted by Crippen LogP contribution is -1.75. The Morgan fingerprint density at radius 3 is 2.80 bits per heavy atom. The summed E-state index contributed by atoms with van der Waals surface area (Å²) in [5.74, 6) is 0. The van der Waals surface area contributed by atoms with Gasteiger partial charge >= 0.3 is 0 Å². The molecule has 0 aliphatic rings. The van der Waals surface area contributed by atoms with Gasteiger partial charge in [-0.15, -0.1) is 0 Å². The molecule has 0 saturated heterocycles. The van der Waals surface area contributed by atoms with Crippen molar-refractivity contribution in [1.29, 1.82) is 0 Å². The van der Waals surface area contributed by atoms with Crippen molar-refractivity contribution in [2.45, 2.75) is 19.3 Å². The second-order valence-electron chi connectivity index (χ2n) is 1.90. The molecule has 0 aromatic heterocycles. The zero-order valence-corrected chi connectivity index (χ0v) is 6.25. The largest absolute Gasteiger partial charge is 0.374 e. The van der Waals surface area contributed by atoms with Crippen LogP contribution < -0.4 is 0 Å². The minimum Gasteiger partial charge on any atom is -0.374 e. The summed E-state index contributed by atoms with van der Waals surface area (Å²) in [5, 5.41) is 0. The van der Waals surface area contributed by atoms with Gasteiger partial charge in [0.25, 0.3) is 0 Å². The number of methoxy groups -OCH3 is 1. The quantitative estimate of drug-likeness (QED) is 0.416. The molecule has 0 aliphatic heterocycles. The molecule has 0 saturated carbocycles. The third kappa shape index (κ3) is 7.37. The molecule has 0 bridgehead atoms. The van der Waals surface area contributed by atoms with E-state index in [1.54, 1.807) is 13.7 Å². The highest BCUT2D eigenvalue weighted by Crippen LogP contribution is 1.94. The predicted octanol–water partition coefficient (Wildman–Crippen LogP) is 1.72. The zero-order chi connectivity index (χ0) is 7.66. The molecule has 0 amide bonds. The number of rotatable bonds is 6. The van der Waals surface area contributed by atoms with Crippen LogP contribution in [0.25, 0.3) is 0 Å². The molecule has 2 heteroatoms. The monoisotopic (exact) mass is 141 g/mol. The van der Waals surface area contributed by atoms with Gasteiger partial charge in [-0.25, -0.2) is 0 Å². The van der Waals surface area contributed by atoms with Crippen LogP contribution in [0.1, 0.15) is 19.3 Å². The smallest absolute Gasteiger partial charge is 0.120 e. The van der Waals surface area contributed by atoms with Gasteiger partial charge in [0.05, 0.1) is 0 Å². The Morgan fingerprint density at radius 1 is 1.40 bits per heavy atom. The molecular formula is C8H13O2. The summed E-state index contributed by atoms with van der Waals surface area (Å²) in [6.07, 6.45) is 7.28. The van der Waals surface area contributed by atoms with E-state index in [4.69, 9.17) is 0 Å². The lowest BCUT2D eigenvalue weighted by Gasteiger charge is -1.87. The SMILES string of the molecule is CO[CH]C=CCCCC=O. The Hall–Kier alpha value is -0.630. The summed E-state index contributed by atoms with van der Waals surface area (Å²) < 4.78 is 4.67. The lowest BCUT2D eigenvalue weighted by molar-refractivity contribution is -0.107. The molecule has 1 radical (unpaired) electrons. The fourth-order valence-corrected chi connectivity index (χ4v) is 0.549. The van der Waals surface area contributed by atoms with Gasteiger partial charge in [-0.05, 0) is 12.8 Å². The molecule has 0 unspecified atom stereocenters. The molecule has 10 heavy (non-hydrogen) atoms. The van der Waals surface area contributed by atoms with Gasteiger partial charge in [-0.1, -0.05) is 12.2 Å². The first-order chi connectivity index (χ1) is 4.91. The molecule has 57 valence electrons. The van der Waals surface area contributed by atoms with Gasteiger partial charge < -0.3 is 9.53 Å². The number of aldehydes is 1. The van der Waals surface area contributed by atoms with Crippen molar-refractivity contribution in [2.75, 3.05) is 7.11 Å². The van der Waals surface area contributed by atoms with E-state index in [1.165, 1.54) is 0 Å². The number of hydrogen-bond donors (Lipinski definition) is 0. The molecule has 0 atom stereocenters. The maximum atomic E-state index is 9.84. The Kier molecular flexibility index (Phi) is 7.84. The van der Waals surface area contributed by atoms with Gasteiger partial charge in [-0.2, -0.15) is 0 Å². The van der Waals surface area contributed by atoms with Crippen molar-refractivity contribution < 1.29 is 9.53 Å². The van der Waals surface area contributed by atoms with Crippen molar-refractivity contribution in [2.24, 2.45) is 0 Å². The molecule has 0 spiro atoms. The maximum absolute atomic E-state index is 9.84. The van der Waals surface area contributed by atoms with Crippen LogP contribution in [0.3, 0.4) is 0 Å². The van der Waals surface area contributed by atoms with E-state index in [-0.39, 0.29) is 0 Å². The third-order valence-corrected chi connectivity index (χ3v) is 1.04. The number of allylic oxidation sites excluding steroid dienone is 1.